The molecule has 104 valence electrons. The van der Waals surface area contributed by atoms with Crippen LogP contribution in [0.1, 0.15) is 20.8 Å². The molecule has 5 heteroatoms. The van der Waals surface area contributed by atoms with E-state index in [0.717, 1.165) is 0 Å². The number of anilines is 1. The predicted molar refractivity (Wildman–Crippen MR) is 77.2 cm³/mol. The number of carbonyl (C=O) groups is 2. The number of benzene rings is 1. The Kier molecular flexibility index (Phi) is 4.95. The molecule has 1 aromatic rings. The molecule has 0 fully saturated rings. The maximum Gasteiger partial charge on any atom is 0.244 e. The Balaban J connectivity index is 2.62. The maximum atomic E-state index is 11.9. The van der Waals surface area contributed by atoms with E-state index in [1.807, 2.05) is 20.8 Å². The molecular weight excluding hydrogens is 264 g/mol. The van der Waals surface area contributed by atoms with Crippen molar-refractivity contribution >= 4 is 29.1 Å². The quantitative estimate of drug-likeness (QED) is 0.927. The number of hydrogen-bond acceptors (Lipinski definition) is 2. The molecule has 1 rings (SSSR count). The number of nitrogens with one attached hydrogen (secondary N) is 1. The Morgan fingerprint density at radius 3 is 2.37 bits per heavy atom. The standard InChI is InChI=1S/C14H19ClN2O2/c1-14(2,3)13(19)17(4)9-12(18)16-11-8-6-5-7-10(11)15/h5-8H,9H2,1-4H3,(H,16,18). The third kappa shape index (κ3) is 4.56. The molecule has 0 aliphatic heterocycles. The molecule has 0 heterocycles. The lowest BCUT2D eigenvalue weighted by Crippen LogP contribution is -2.41. The lowest BCUT2D eigenvalue weighted by Gasteiger charge is -2.25. The molecule has 0 aromatic heterocycles. The van der Waals surface area contributed by atoms with E-state index in [0.29, 0.717) is 10.7 Å². The van der Waals surface area contributed by atoms with Crippen molar-refractivity contribution in [2.75, 3.05) is 18.9 Å². The van der Waals surface area contributed by atoms with Gasteiger partial charge in [-0.1, -0.05) is 44.5 Å². The van der Waals surface area contributed by atoms with Crippen molar-refractivity contribution in [2.45, 2.75) is 20.8 Å². The Labute approximate surface area is 118 Å². The van der Waals surface area contributed by atoms with Crippen LogP contribution in [0.5, 0.6) is 0 Å². The smallest absolute Gasteiger partial charge is 0.244 e. The molecular formula is C14H19ClN2O2. The minimum atomic E-state index is -0.501. The lowest BCUT2D eigenvalue weighted by molar-refractivity contribution is -0.140. The number of likely N-dealkylation sites (N-methyl/N-ethyl adjacent to an activating group) is 1. The van der Waals surface area contributed by atoms with Crippen molar-refractivity contribution in [3.8, 4) is 0 Å². The molecule has 0 spiro atoms. The van der Waals surface area contributed by atoms with Gasteiger partial charge in [0.15, 0.2) is 0 Å². The molecule has 0 aliphatic rings. The summed E-state index contributed by atoms with van der Waals surface area (Å²) in [5.41, 5.74) is 0.0464. The van der Waals surface area contributed by atoms with Crippen molar-refractivity contribution in [1.29, 1.82) is 0 Å². The molecule has 0 bridgehead atoms. The molecule has 1 N–H and O–H groups in total. The zero-order valence-electron chi connectivity index (χ0n) is 11.7. The summed E-state index contributed by atoms with van der Waals surface area (Å²) in [6.07, 6.45) is 0. The maximum absolute atomic E-state index is 11.9. The summed E-state index contributed by atoms with van der Waals surface area (Å²) in [5, 5.41) is 3.16. The van der Waals surface area contributed by atoms with Crippen LogP contribution in [0.4, 0.5) is 5.69 Å². The minimum Gasteiger partial charge on any atom is -0.336 e. The average Bonchev–Trinajstić information content (AvgIpc) is 2.29. The normalized spacial score (nSPS) is 11.0. The Morgan fingerprint density at radius 2 is 1.84 bits per heavy atom. The van der Waals surface area contributed by atoms with E-state index in [9.17, 15) is 9.59 Å². The van der Waals surface area contributed by atoms with Gasteiger partial charge in [0.2, 0.25) is 11.8 Å². The zero-order chi connectivity index (χ0) is 14.6. The second-order valence-corrected chi connectivity index (χ2v) is 5.85. The van der Waals surface area contributed by atoms with Crippen molar-refractivity contribution in [2.24, 2.45) is 5.41 Å². The van der Waals surface area contributed by atoms with E-state index in [-0.39, 0.29) is 18.4 Å². The Hall–Kier alpha value is -1.55. The first-order valence-electron chi connectivity index (χ1n) is 6.02. The van der Waals surface area contributed by atoms with E-state index in [2.05, 4.69) is 5.32 Å². The monoisotopic (exact) mass is 282 g/mol. The first-order valence-corrected chi connectivity index (χ1v) is 6.39. The first-order chi connectivity index (χ1) is 8.71. The van der Waals surface area contributed by atoms with Crippen LogP contribution < -0.4 is 5.32 Å². The number of carbonyl (C=O) groups excluding carboxylic acids is 2. The Bertz CT molecular complexity index is 481. The average molecular weight is 283 g/mol. The van der Waals surface area contributed by atoms with Gasteiger partial charge >= 0.3 is 0 Å². The van der Waals surface area contributed by atoms with Gasteiger partial charge in [-0.2, -0.15) is 0 Å². The topological polar surface area (TPSA) is 49.4 Å². The summed E-state index contributed by atoms with van der Waals surface area (Å²) in [6.45, 7) is 5.45. The van der Waals surface area contributed by atoms with Crippen LogP contribution in [0.25, 0.3) is 0 Å². The first kappa shape index (κ1) is 15.5. The van der Waals surface area contributed by atoms with Gasteiger partial charge in [0.25, 0.3) is 0 Å². The van der Waals surface area contributed by atoms with Crippen LogP contribution in [-0.2, 0) is 9.59 Å². The summed E-state index contributed by atoms with van der Waals surface area (Å²) in [4.78, 5) is 25.2. The van der Waals surface area contributed by atoms with Crippen LogP contribution >= 0.6 is 11.6 Å². The van der Waals surface area contributed by atoms with Gasteiger partial charge in [-0.15, -0.1) is 0 Å². The number of nitrogens with zero attached hydrogens (tertiary/aromatic N) is 1. The summed E-state index contributed by atoms with van der Waals surface area (Å²) in [5.74, 6) is -0.352. The summed E-state index contributed by atoms with van der Waals surface area (Å²) in [6, 6.07) is 6.98. The van der Waals surface area contributed by atoms with E-state index in [1.54, 1.807) is 31.3 Å². The van der Waals surface area contributed by atoms with Crippen LogP contribution in [0.15, 0.2) is 24.3 Å². The highest BCUT2D eigenvalue weighted by molar-refractivity contribution is 6.33. The van der Waals surface area contributed by atoms with Crippen LogP contribution in [0.3, 0.4) is 0 Å². The van der Waals surface area contributed by atoms with Gasteiger partial charge in [0.1, 0.15) is 0 Å². The summed E-state index contributed by atoms with van der Waals surface area (Å²) >= 11 is 5.94. The van der Waals surface area contributed by atoms with Crippen molar-refractivity contribution < 1.29 is 9.59 Å². The molecule has 2 amide bonds. The third-order valence-corrected chi connectivity index (χ3v) is 2.85. The van der Waals surface area contributed by atoms with Gasteiger partial charge in [-0.25, -0.2) is 0 Å². The highest BCUT2D eigenvalue weighted by Gasteiger charge is 2.26. The SMILES string of the molecule is CN(CC(=O)Nc1ccccc1Cl)C(=O)C(C)(C)C. The molecule has 0 unspecified atom stereocenters. The van der Waals surface area contributed by atoms with E-state index in [1.165, 1.54) is 4.90 Å². The minimum absolute atomic E-state index is 0.00132. The molecule has 0 saturated heterocycles. The summed E-state index contributed by atoms with van der Waals surface area (Å²) < 4.78 is 0. The van der Waals surface area contributed by atoms with Crippen molar-refractivity contribution in [1.82, 2.24) is 4.90 Å². The number of halogens is 1. The number of rotatable bonds is 3. The molecule has 19 heavy (non-hydrogen) atoms. The Morgan fingerprint density at radius 1 is 1.26 bits per heavy atom. The molecule has 0 radical (unpaired) electrons. The van der Waals surface area contributed by atoms with E-state index >= 15 is 0 Å². The highest BCUT2D eigenvalue weighted by atomic mass is 35.5. The fraction of sp³-hybridized carbons (Fsp3) is 0.429. The summed E-state index contributed by atoms with van der Waals surface area (Å²) in [7, 11) is 1.61. The predicted octanol–water partition coefficient (Wildman–Crippen LogP) is 2.78. The van der Waals surface area contributed by atoms with Gasteiger partial charge < -0.3 is 10.2 Å². The molecule has 0 saturated carbocycles. The fourth-order valence-electron chi connectivity index (χ4n) is 1.61. The van der Waals surface area contributed by atoms with Crippen molar-refractivity contribution in [3.63, 3.8) is 0 Å². The number of amides is 2. The van der Waals surface area contributed by atoms with Gasteiger partial charge in [0, 0.05) is 12.5 Å². The van der Waals surface area contributed by atoms with E-state index < -0.39 is 5.41 Å². The molecule has 4 nitrogen and oxygen atoms in total. The highest BCUT2D eigenvalue weighted by Crippen LogP contribution is 2.20. The number of hydrogen-bond donors (Lipinski definition) is 1. The van der Waals surface area contributed by atoms with Crippen molar-refractivity contribution in [3.05, 3.63) is 29.3 Å². The molecule has 1 aromatic carbocycles. The second-order valence-electron chi connectivity index (χ2n) is 5.44. The second kappa shape index (κ2) is 6.06. The third-order valence-electron chi connectivity index (χ3n) is 2.52. The molecule has 0 atom stereocenters. The van der Waals surface area contributed by atoms with Crippen LogP contribution in [0.2, 0.25) is 5.02 Å². The zero-order valence-corrected chi connectivity index (χ0v) is 12.4. The van der Waals surface area contributed by atoms with Gasteiger partial charge in [-0.3, -0.25) is 9.59 Å². The fourth-order valence-corrected chi connectivity index (χ4v) is 1.80. The number of para-hydroxylation sites is 1. The van der Waals surface area contributed by atoms with Crippen LogP contribution in [0, 0.1) is 5.41 Å². The van der Waals surface area contributed by atoms with E-state index in [4.69, 9.17) is 11.6 Å². The van der Waals surface area contributed by atoms with Crippen LogP contribution in [-0.4, -0.2) is 30.3 Å². The largest absolute Gasteiger partial charge is 0.336 e. The van der Waals surface area contributed by atoms with Gasteiger partial charge in [0.05, 0.1) is 17.3 Å². The van der Waals surface area contributed by atoms with Gasteiger partial charge in [-0.05, 0) is 12.1 Å². The molecule has 0 aliphatic carbocycles. The lowest BCUT2D eigenvalue weighted by atomic mass is 9.95.